The number of aliphatic hydroxyl groups excluding tert-OH is 1. The van der Waals surface area contributed by atoms with Gasteiger partial charge in [0.15, 0.2) is 0 Å². The molecule has 1 aliphatic rings. The summed E-state index contributed by atoms with van der Waals surface area (Å²) in [6.45, 7) is 4.29. The van der Waals surface area contributed by atoms with E-state index in [-0.39, 0.29) is 22.4 Å². The van der Waals surface area contributed by atoms with Gasteiger partial charge in [0.25, 0.3) is 0 Å². The maximum absolute atomic E-state index is 13.4. The van der Waals surface area contributed by atoms with Crippen LogP contribution in [0.1, 0.15) is 32.3 Å². The van der Waals surface area contributed by atoms with Crippen molar-refractivity contribution in [1.29, 1.82) is 0 Å². The molecule has 2 rings (SSSR count). The summed E-state index contributed by atoms with van der Waals surface area (Å²) < 4.78 is 13.4. The largest absolute Gasteiger partial charge is 0.389 e. The Labute approximate surface area is 112 Å². The summed E-state index contributed by atoms with van der Waals surface area (Å²) in [7, 11) is 0. The number of aliphatic hydroxyl groups is 1. The van der Waals surface area contributed by atoms with Crippen molar-refractivity contribution in [3.63, 3.8) is 0 Å². The Morgan fingerprint density at radius 2 is 2.17 bits per heavy atom. The van der Waals surface area contributed by atoms with Gasteiger partial charge in [0, 0.05) is 0 Å². The highest BCUT2D eigenvalue weighted by molar-refractivity contribution is 6.30. The van der Waals surface area contributed by atoms with Crippen LogP contribution in [0, 0.1) is 11.2 Å². The van der Waals surface area contributed by atoms with E-state index in [0.29, 0.717) is 6.42 Å². The van der Waals surface area contributed by atoms with Gasteiger partial charge >= 0.3 is 0 Å². The quantitative estimate of drug-likeness (QED) is 0.800. The van der Waals surface area contributed by atoms with Crippen molar-refractivity contribution in [3.8, 4) is 0 Å². The predicted octanol–water partition coefficient (Wildman–Crippen LogP) is 4.13. The minimum atomic E-state index is -0.388. The molecule has 1 N–H and O–H groups in total. The van der Waals surface area contributed by atoms with Gasteiger partial charge in [-0.15, -0.1) is 0 Å². The summed E-state index contributed by atoms with van der Waals surface area (Å²) in [5.41, 5.74) is 2.17. The van der Waals surface area contributed by atoms with Gasteiger partial charge < -0.3 is 5.11 Å². The zero-order valence-corrected chi connectivity index (χ0v) is 11.5. The van der Waals surface area contributed by atoms with Crippen molar-refractivity contribution < 1.29 is 9.50 Å². The van der Waals surface area contributed by atoms with E-state index in [1.54, 1.807) is 6.07 Å². The second kappa shape index (κ2) is 5.02. The molecule has 1 nitrogen and oxygen atoms in total. The molecule has 0 amide bonds. The molecule has 0 fully saturated rings. The van der Waals surface area contributed by atoms with Gasteiger partial charge in [-0.25, -0.2) is 4.39 Å². The zero-order chi connectivity index (χ0) is 13.3. The Balaban J connectivity index is 2.16. The first kappa shape index (κ1) is 13.6. The third-order valence-electron chi connectivity index (χ3n) is 3.31. The van der Waals surface area contributed by atoms with Crippen LogP contribution in [0.2, 0.25) is 5.02 Å². The third kappa shape index (κ3) is 3.33. The molecule has 0 aromatic heterocycles. The lowest BCUT2D eigenvalue weighted by atomic mass is 9.75. The van der Waals surface area contributed by atoms with Crippen molar-refractivity contribution in [2.75, 3.05) is 0 Å². The molecule has 0 aliphatic heterocycles. The molecular weight excluding hydrogens is 251 g/mol. The van der Waals surface area contributed by atoms with E-state index in [9.17, 15) is 9.50 Å². The number of hydrogen-bond donors (Lipinski definition) is 1. The smallest absolute Gasteiger partial charge is 0.142 e. The number of hydrogen-bond acceptors (Lipinski definition) is 1. The van der Waals surface area contributed by atoms with Gasteiger partial charge in [-0.05, 0) is 42.4 Å². The highest BCUT2D eigenvalue weighted by Gasteiger charge is 2.27. The third-order valence-corrected chi connectivity index (χ3v) is 3.62. The van der Waals surface area contributed by atoms with Gasteiger partial charge in [-0.2, -0.15) is 0 Å². The highest BCUT2D eigenvalue weighted by atomic mass is 35.5. The maximum atomic E-state index is 13.4. The lowest BCUT2D eigenvalue weighted by molar-refractivity contribution is 0.138. The summed E-state index contributed by atoms with van der Waals surface area (Å²) in [5.74, 6) is -0.384. The van der Waals surface area contributed by atoms with Crippen LogP contribution < -0.4 is 0 Å². The maximum Gasteiger partial charge on any atom is 0.142 e. The van der Waals surface area contributed by atoms with Crippen molar-refractivity contribution in [3.05, 3.63) is 46.3 Å². The molecule has 1 aromatic rings. The predicted molar refractivity (Wildman–Crippen MR) is 72.2 cm³/mol. The van der Waals surface area contributed by atoms with Crippen LogP contribution in [-0.4, -0.2) is 11.2 Å². The highest BCUT2D eigenvalue weighted by Crippen LogP contribution is 2.36. The first-order valence-electron chi connectivity index (χ1n) is 6.17. The normalized spacial score (nSPS) is 22.7. The Morgan fingerprint density at radius 1 is 1.44 bits per heavy atom. The number of benzene rings is 1. The minimum absolute atomic E-state index is 0.106. The van der Waals surface area contributed by atoms with Crippen LogP contribution in [0.4, 0.5) is 4.39 Å². The molecule has 0 bridgehead atoms. The summed E-state index contributed by atoms with van der Waals surface area (Å²) >= 11 is 5.66. The van der Waals surface area contributed by atoms with Crippen LogP contribution in [0.5, 0.6) is 0 Å². The number of allylic oxidation sites excluding steroid dienone is 1. The van der Waals surface area contributed by atoms with E-state index in [4.69, 9.17) is 11.6 Å². The Kier molecular flexibility index (Phi) is 3.79. The fourth-order valence-electron chi connectivity index (χ4n) is 2.68. The van der Waals surface area contributed by atoms with Crippen LogP contribution in [-0.2, 0) is 6.42 Å². The molecule has 0 heterocycles. The summed E-state index contributed by atoms with van der Waals surface area (Å²) in [6.07, 6.45) is 3.91. The van der Waals surface area contributed by atoms with E-state index in [1.165, 1.54) is 11.6 Å². The van der Waals surface area contributed by atoms with E-state index in [0.717, 1.165) is 18.4 Å². The summed E-state index contributed by atoms with van der Waals surface area (Å²) in [6, 6.07) is 4.88. The zero-order valence-electron chi connectivity index (χ0n) is 10.7. The molecule has 1 unspecified atom stereocenters. The van der Waals surface area contributed by atoms with Crippen molar-refractivity contribution >= 4 is 11.6 Å². The molecule has 1 aliphatic carbocycles. The average molecular weight is 269 g/mol. The van der Waals surface area contributed by atoms with Gasteiger partial charge in [-0.3, -0.25) is 0 Å². The number of halogens is 2. The second-order valence-corrected chi connectivity index (χ2v) is 6.27. The first-order valence-corrected chi connectivity index (χ1v) is 6.55. The molecule has 18 heavy (non-hydrogen) atoms. The van der Waals surface area contributed by atoms with Crippen LogP contribution in [0.15, 0.2) is 29.8 Å². The molecular formula is C15H18ClFO. The lowest BCUT2D eigenvalue weighted by Gasteiger charge is -2.32. The minimum Gasteiger partial charge on any atom is -0.389 e. The van der Waals surface area contributed by atoms with E-state index in [2.05, 4.69) is 13.8 Å². The molecule has 0 saturated heterocycles. The van der Waals surface area contributed by atoms with E-state index >= 15 is 0 Å². The van der Waals surface area contributed by atoms with E-state index in [1.807, 2.05) is 12.1 Å². The molecule has 0 radical (unpaired) electrons. The lowest BCUT2D eigenvalue weighted by Crippen LogP contribution is -2.25. The molecule has 1 atom stereocenters. The average Bonchev–Trinajstić information content (AvgIpc) is 2.20. The van der Waals surface area contributed by atoms with Gasteiger partial charge in [-0.1, -0.05) is 43.2 Å². The van der Waals surface area contributed by atoms with Crippen LogP contribution in [0.25, 0.3) is 0 Å². The van der Waals surface area contributed by atoms with Crippen molar-refractivity contribution in [1.82, 2.24) is 0 Å². The van der Waals surface area contributed by atoms with Crippen molar-refractivity contribution in [2.45, 2.75) is 39.2 Å². The summed E-state index contributed by atoms with van der Waals surface area (Å²) in [5, 5.41) is 9.97. The van der Waals surface area contributed by atoms with Gasteiger partial charge in [0.1, 0.15) is 5.82 Å². The molecule has 1 aromatic carbocycles. The van der Waals surface area contributed by atoms with E-state index < -0.39 is 0 Å². The first-order chi connectivity index (χ1) is 8.35. The Bertz CT molecular complexity index is 479. The van der Waals surface area contributed by atoms with Gasteiger partial charge in [0.2, 0.25) is 0 Å². The molecule has 98 valence electrons. The topological polar surface area (TPSA) is 20.2 Å². The standard InChI is InChI=1S/C15H18ClFO/c1-15(2)8-11(6-12(18)9-15)5-10-3-4-13(16)14(17)7-10/h3-4,6-7,12,18H,5,8-9H2,1-2H3. The SMILES string of the molecule is CC1(C)CC(Cc2ccc(Cl)c(F)c2)=CC(O)C1. The fourth-order valence-corrected chi connectivity index (χ4v) is 2.79. The van der Waals surface area contributed by atoms with Crippen molar-refractivity contribution in [2.24, 2.45) is 5.41 Å². The monoisotopic (exact) mass is 268 g/mol. The second-order valence-electron chi connectivity index (χ2n) is 5.86. The summed E-state index contributed by atoms with van der Waals surface area (Å²) in [4.78, 5) is 0. The van der Waals surface area contributed by atoms with Crippen LogP contribution in [0.3, 0.4) is 0 Å². The molecule has 0 saturated carbocycles. The van der Waals surface area contributed by atoms with Gasteiger partial charge in [0.05, 0.1) is 11.1 Å². The Morgan fingerprint density at radius 3 is 2.78 bits per heavy atom. The Hall–Kier alpha value is -0.860. The molecule has 3 heteroatoms. The number of rotatable bonds is 2. The fraction of sp³-hybridized carbons (Fsp3) is 0.467. The van der Waals surface area contributed by atoms with Crippen LogP contribution >= 0.6 is 11.6 Å². The molecule has 0 spiro atoms.